The lowest BCUT2D eigenvalue weighted by molar-refractivity contribution is 0.150. The van der Waals surface area contributed by atoms with Gasteiger partial charge < -0.3 is 14.8 Å². The maximum atomic E-state index is 9.11. The minimum absolute atomic E-state index is 0.491. The molecule has 0 radical (unpaired) electrons. The number of nitrogens with zero attached hydrogens (tertiary/aromatic N) is 7. The van der Waals surface area contributed by atoms with Crippen LogP contribution in [0.1, 0.15) is 24.0 Å². The van der Waals surface area contributed by atoms with Crippen LogP contribution in [-0.4, -0.2) is 51.0 Å². The Kier molecular flexibility index (Phi) is 4.17. The fourth-order valence-electron chi connectivity index (χ4n) is 5.74. The molecule has 2 aromatic heterocycles. The lowest BCUT2D eigenvalue weighted by atomic mass is 9.72. The summed E-state index contributed by atoms with van der Waals surface area (Å²) in [5, 5.41) is 25.3. The Labute approximate surface area is 197 Å². The molecule has 7 rings (SSSR count). The number of benzene rings is 2. The van der Waals surface area contributed by atoms with Crippen molar-refractivity contribution in [3.05, 3.63) is 65.9 Å². The van der Waals surface area contributed by atoms with Gasteiger partial charge in [0.1, 0.15) is 0 Å². The minimum Gasteiger partial charge on any atom is -0.370 e. The molecule has 0 aliphatic carbocycles. The van der Waals surface area contributed by atoms with Crippen LogP contribution in [0.2, 0.25) is 0 Å². The van der Waals surface area contributed by atoms with E-state index in [4.69, 9.17) is 5.26 Å². The molecule has 168 valence electrons. The van der Waals surface area contributed by atoms with Crippen LogP contribution in [0.3, 0.4) is 0 Å². The molecule has 0 bridgehead atoms. The number of aromatic nitrogens is 5. The zero-order valence-corrected chi connectivity index (χ0v) is 18.8. The highest BCUT2D eigenvalue weighted by atomic mass is 15.5. The number of piperidine rings is 1. The smallest absolute Gasteiger partial charge is 0.203 e. The molecule has 1 N–H and O–H groups in total. The number of tetrazole rings is 1. The maximum absolute atomic E-state index is 9.11. The van der Waals surface area contributed by atoms with Gasteiger partial charge in [-0.25, -0.2) is 0 Å². The number of anilines is 1. The third-order valence-corrected chi connectivity index (χ3v) is 7.66. The monoisotopic (exact) mass is 448 g/mol. The van der Waals surface area contributed by atoms with E-state index < -0.39 is 0 Å². The second-order valence-corrected chi connectivity index (χ2v) is 9.76. The Hall–Kier alpha value is -3.96. The molecular formula is C26H24N8. The molecule has 5 heterocycles. The second kappa shape index (κ2) is 7.27. The first-order valence-corrected chi connectivity index (χ1v) is 11.8. The Bertz CT molecular complexity index is 1420. The predicted molar refractivity (Wildman–Crippen MR) is 129 cm³/mol. The van der Waals surface area contributed by atoms with Gasteiger partial charge in [0.05, 0.1) is 23.0 Å². The molecule has 8 nitrogen and oxygen atoms in total. The van der Waals surface area contributed by atoms with Crippen molar-refractivity contribution in [3.63, 3.8) is 0 Å². The van der Waals surface area contributed by atoms with Crippen molar-refractivity contribution in [2.24, 2.45) is 5.41 Å². The molecule has 0 amide bonds. The van der Waals surface area contributed by atoms with Gasteiger partial charge in [0.2, 0.25) is 5.82 Å². The predicted octanol–water partition coefficient (Wildman–Crippen LogP) is 3.22. The van der Waals surface area contributed by atoms with Crippen LogP contribution in [-0.2, 0) is 6.54 Å². The molecule has 1 spiro atoms. The Morgan fingerprint density at radius 2 is 1.79 bits per heavy atom. The normalized spacial score (nSPS) is 17.8. The number of rotatable bonds is 2. The lowest BCUT2D eigenvalue weighted by Gasteiger charge is -2.53. The summed E-state index contributed by atoms with van der Waals surface area (Å²) < 4.78 is 4.08. The highest BCUT2D eigenvalue weighted by molar-refractivity contribution is 5.72. The highest BCUT2D eigenvalue weighted by Gasteiger charge is 2.43. The summed E-state index contributed by atoms with van der Waals surface area (Å²) in [6, 6.07) is 18.7. The average molecular weight is 449 g/mol. The van der Waals surface area contributed by atoms with Crippen molar-refractivity contribution in [1.29, 1.82) is 5.26 Å². The molecule has 2 fully saturated rings. The van der Waals surface area contributed by atoms with Gasteiger partial charge in [-0.2, -0.15) is 9.94 Å². The van der Waals surface area contributed by atoms with Crippen LogP contribution in [0.25, 0.3) is 28.3 Å². The first kappa shape index (κ1) is 19.5. The number of hydrogen-bond donors (Lipinski definition) is 1. The largest absolute Gasteiger partial charge is 0.370 e. The van der Waals surface area contributed by atoms with Gasteiger partial charge in [0.15, 0.2) is 0 Å². The fraction of sp³-hybridized carbons (Fsp3) is 0.308. The molecule has 8 heteroatoms. The first-order valence-electron chi connectivity index (χ1n) is 11.8. The number of nitriles is 1. The van der Waals surface area contributed by atoms with Crippen LogP contribution < -0.4 is 10.2 Å². The SMILES string of the molecule is N#Cc1ccc(-c2cc3n(c2)Cc2cc(N4CC5(CCNCC5)C4)ccc2-n2nnnc2-3)cc1. The fourth-order valence-corrected chi connectivity index (χ4v) is 5.74. The number of fused-ring (bicyclic) bond motifs is 5. The van der Waals surface area contributed by atoms with Crippen LogP contribution in [0.15, 0.2) is 54.7 Å². The quantitative estimate of drug-likeness (QED) is 0.446. The standard InChI is InChI=1S/C26H24N8/c27-13-18-1-3-19(4-2-18)20-12-24-25-29-30-31-34(25)23-6-5-22(11-21(23)15-32(24)14-20)33-16-26(17-33)7-9-28-10-8-26/h1-6,11-12,14,28H,7-10,15-17H2. The minimum atomic E-state index is 0.491. The van der Waals surface area contributed by atoms with E-state index in [2.05, 4.69) is 66.8 Å². The molecule has 2 aromatic carbocycles. The Balaban J connectivity index is 1.24. The van der Waals surface area contributed by atoms with E-state index >= 15 is 0 Å². The highest BCUT2D eigenvalue weighted by Crippen LogP contribution is 2.42. The van der Waals surface area contributed by atoms with Crippen molar-refractivity contribution >= 4 is 5.69 Å². The summed E-state index contributed by atoms with van der Waals surface area (Å²) in [7, 11) is 0. The third kappa shape index (κ3) is 2.97. The van der Waals surface area contributed by atoms with Gasteiger partial charge in [0, 0.05) is 42.5 Å². The van der Waals surface area contributed by atoms with Crippen molar-refractivity contribution in [2.45, 2.75) is 19.4 Å². The topological polar surface area (TPSA) is 87.6 Å². The third-order valence-electron chi connectivity index (χ3n) is 7.66. The van der Waals surface area contributed by atoms with Gasteiger partial charge in [-0.05, 0) is 83.9 Å². The Morgan fingerprint density at radius 3 is 2.59 bits per heavy atom. The Morgan fingerprint density at radius 1 is 0.971 bits per heavy atom. The van der Waals surface area contributed by atoms with E-state index in [1.807, 2.05) is 28.9 Å². The van der Waals surface area contributed by atoms with Crippen molar-refractivity contribution in [1.82, 2.24) is 30.1 Å². The zero-order valence-electron chi connectivity index (χ0n) is 18.8. The van der Waals surface area contributed by atoms with Crippen molar-refractivity contribution < 1.29 is 0 Å². The van der Waals surface area contributed by atoms with E-state index in [0.717, 1.165) is 61.1 Å². The second-order valence-electron chi connectivity index (χ2n) is 9.76. The van der Waals surface area contributed by atoms with E-state index in [-0.39, 0.29) is 0 Å². The van der Waals surface area contributed by atoms with E-state index in [1.165, 1.54) is 24.1 Å². The summed E-state index contributed by atoms with van der Waals surface area (Å²) in [5.74, 6) is 0.740. The molecule has 3 aliphatic rings. The molecule has 0 atom stereocenters. The van der Waals surface area contributed by atoms with Crippen LogP contribution >= 0.6 is 0 Å². The van der Waals surface area contributed by atoms with E-state index in [9.17, 15) is 0 Å². The van der Waals surface area contributed by atoms with Gasteiger partial charge in [-0.3, -0.25) is 0 Å². The van der Waals surface area contributed by atoms with Gasteiger partial charge >= 0.3 is 0 Å². The van der Waals surface area contributed by atoms with Gasteiger partial charge in [0.25, 0.3) is 0 Å². The van der Waals surface area contributed by atoms with Crippen LogP contribution in [0, 0.1) is 16.7 Å². The maximum Gasteiger partial charge on any atom is 0.203 e. The number of nitrogens with one attached hydrogen (secondary N) is 1. The van der Waals surface area contributed by atoms with E-state index in [1.54, 1.807) is 0 Å². The van der Waals surface area contributed by atoms with Gasteiger partial charge in [-0.15, -0.1) is 5.10 Å². The molecule has 3 aliphatic heterocycles. The molecule has 4 aromatic rings. The molecule has 0 unspecified atom stereocenters. The number of hydrogen-bond acceptors (Lipinski definition) is 6. The van der Waals surface area contributed by atoms with Gasteiger partial charge in [-0.1, -0.05) is 12.1 Å². The first-order chi connectivity index (χ1) is 16.7. The summed E-state index contributed by atoms with van der Waals surface area (Å²) in [6.45, 7) is 5.29. The molecule has 34 heavy (non-hydrogen) atoms. The van der Waals surface area contributed by atoms with Crippen LogP contribution in [0.4, 0.5) is 5.69 Å². The molecule has 0 saturated carbocycles. The lowest BCUT2D eigenvalue weighted by Crippen LogP contribution is -2.60. The van der Waals surface area contributed by atoms with E-state index in [0.29, 0.717) is 11.0 Å². The molecular weight excluding hydrogens is 424 g/mol. The van der Waals surface area contributed by atoms with Crippen LogP contribution in [0.5, 0.6) is 0 Å². The summed E-state index contributed by atoms with van der Waals surface area (Å²) in [4.78, 5) is 2.51. The average Bonchev–Trinajstić information content (AvgIpc) is 3.48. The molecule has 2 saturated heterocycles. The summed E-state index contributed by atoms with van der Waals surface area (Å²) >= 11 is 0. The zero-order chi connectivity index (χ0) is 22.7. The summed E-state index contributed by atoms with van der Waals surface area (Å²) in [5.41, 5.74) is 7.81. The van der Waals surface area contributed by atoms with Crippen molar-refractivity contribution in [3.8, 4) is 34.4 Å². The summed E-state index contributed by atoms with van der Waals surface area (Å²) in [6.07, 6.45) is 4.70. The van der Waals surface area contributed by atoms with Crippen molar-refractivity contribution in [2.75, 3.05) is 31.1 Å².